The van der Waals surface area contributed by atoms with E-state index in [1.165, 1.54) is 23.5 Å². The summed E-state index contributed by atoms with van der Waals surface area (Å²) in [7, 11) is 0. The van der Waals surface area contributed by atoms with Crippen LogP contribution in [0.15, 0.2) is 56.6 Å². The molecule has 0 aliphatic carbocycles. The number of anilines is 1. The number of carbonyl (C=O) groups excluding carboxylic acids is 1. The number of aromatic nitrogens is 3. The molecule has 0 bridgehead atoms. The Morgan fingerprint density at radius 1 is 1.22 bits per heavy atom. The lowest BCUT2D eigenvalue weighted by Crippen LogP contribution is -2.13. The lowest BCUT2D eigenvalue weighted by atomic mass is 10.2. The first-order valence-electron chi connectivity index (χ1n) is 7.68. The highest BCUT2D eigenvalue weighted by Crippen LogP contribution is 2.29. The smallest absolute Gasteiger partial charge is 0.277 e. The number of thioether (sulfide) groups is 1. The van der Waals surface area contributed by atoms with Crippen molar-refractivity contribution in [2.45, 2.75) is 5.22 Å². The molecule has 27 heavy (non-hydrogen) atoms. The van der Waals surface area contributed by atoms with E-state index in [0.29, 0.717) is 21.8 Å². The predicted molar refractivity (Wildman–Crippen MR) is 108 cm³/mol. The number of phenolic OH excluding ortho intramolecular Hbond substituents is 1. The van der Waals surface area contributed by atoms with Crippen molar-refractivity contribution in [3.05, 3.63) is 46.9 Å². The van der Waals surface area contributed by atoms with Gasteiger partial charge in [-0.1, -0.05) is 39.0 Å². The zero-order chi connectivity index (χ0) is 18.8. The molecule has 2 aromatic heterocycles. The molecule has 0 spiro atoms. The summed E-state index contributed by atoms with van der Waals surface area (Å²) in [6, 6.07) is 12.2. The van der Waals surface area contributed by atoms with Crippen LogP contribution < -0.4 is 5.32 Å². The third-order valence-corrected chi connectivity index (χ3v) is 5.69. The second-order valence-corrected chi connectivity index (χ2v) is 8.26. The Morgan fingerprint density at radius 3 is 2.85 bits per heavy atom. The van der Waals surface area contributed by atoms with Gasteiger partial charge < -0.3 is 14.8 Å². The van der Waals surface area contributed by atoms with E-state index < -0.39 is 0 Å². The molecule has 1 amide bonds. The van der Waals surface area contributed by atoms with Gasteiger partial charge in [0.2, 0.25) is 11.8 Å². The molecule has 0 aliphatic rings. The lowest BCUT2D eigenvalue weighted by Gasteiger charge is -1.98. The van der Waals surface area contributed by atoms with Crippen molar-refractivity contribution < 1.29 is 14.3 Å². The minimum Gasteiger partial charge on any atom is -0.508 e. The molecule has 0 radical (unpaired) electrons. The van der Waals surface area contributed by atoms with Crippen LogP contribution in [0.3, 0.4) is 0 Å². The fourth-order valence-electron chi connectivity index (χ4n) is 2.22. The fraction of sp³-hybridized carbons (Fsp3) is 0.0588. The Bertz CT molecular complexity index is 1110. The molecule has 136 valence electrons. The van der Waals surface area contributed by atoms with E-state index in [-0.39, 0.29) is 17.4 Å². The highest BCUT2D eigenvalue weighted by atomic mass is 79.9. The Hall–Kier alpha value is -2.43. The van der Waals surface area contributed by atoms with Crippen molar-refractivity contribution in [1.29, 1.82) is 0 Å². The van der Waals surface area contributed by atoms with E-state index in [9.17, 15) is 9.90 Å². The number of carbonyl (C=O) groups is 1. The zero-order valence-corrected chi connectivity index (χ0v) is 16.8. The molecule has 0 unspecified atom stereocenters. The topological polar surface area (TPSA) is 101 Å². The highest BCUT2D eigenvalue weighted by Gasteiger charge is 2.13. The van der Waals surface area contributed by atoms with E-state index in [1.54, 1.807) is 12.1 Å². The number of nitrogens with zero attached hydrogens (tertiary/aromatic N) is 3. The monoisotopic (exact) mass is 462 g/mol. The Labute approximate surface area is 170 Å². The number of benzene rings is 2. The van der Waals surface area contributed by atoms with E-state index >= 15 is 0 Å². The number of amides is 1. The first kappa shape index (κ1) is 18.0. The summed E-state index contributed by atoms with van der Waals surface area (Å²) in [5, 5.41) is 20.8. The second kappa shape index (κ2) is 7.67. The number of rotatable bonds is 5. The molecule has 0 saturated carbocycles. The summed E-state index contributed by atoms with van der Waals surface area (Å²) in [5.74, 6) is 0.403. The van der Waals surface area contributed by atoms with Crippen molar-refractivity contribution in [3.63, 3.8) is 0 Å². The maximum Gasteiger partial charge on any atom is 0.277 e. The number of fused-ring (bicyclic) bond motifs is 1. The standard InChI is InChI=1S/C17H11BrN4O3S2/c18-10-3-6-12-13(7-10)27-16(19-12)20-14(24)8-26-17-22-21-15(25-17)9-1-4-11(23)5-2-9/h1-7,23H,8H2,(H,19,20,24). The van der Waals surface area contributed by atoms with Gasteiger partial charge in [0.1, 0.15) is 5.75 Å². The van der Waals surface area contributed by atoms with Crippen LogP contribution in [-0.2, 0) is 4.79 Å². The number of hydrogen-bond donors (Lipinski definition) is 2. The third kappa shape index (κ3) is 4.29. The van der Waals surface area contributed by atoms with Crippen molar-refractivity contribution in [1.82, 2.24) is 15.2 Å². The van der Waals surface area contributed by atoms with Gasteiger partial charge in [0.15, 0.2) is 5.13 Å². The lowest BCUT2D eigenvalue weighted by molar-refractivity contribution is -0.113. The van der Waals surface area contributed by atoms with Crippen LogP contribution >= 0.6 is 39.0 Å². The van der Waals surface area contributed by atoms with Crippen LogP contribution in [0.2, 0.25) is 0 Å². The van der Waals surface area contributed by atoms with Gasteiger partial charge in [-0.15, -0.1) is 10.2 Å². The molecule has 0 saturated heterocycles. The summed E-state index contributed by atoms with van der Waals surface area (Å²) < 4.78 is 7.49. The molecule has 4 rings (SSSR count). The second-order valence-electron chi connectivity index (χ2n) is 5.39. The van der Waals surface area contributed by atoms with Gasteiger partial charge in [0, 0.05) is 10.0 Å². The van der Waals surface area contributed by atoms with Gasteiger partial charge in [-0.3, -0.25) is 4.79 Å². The molecule has 2 aromatic carbocycles. The fourth-order valence-corrected chi connectivity index (χ4v) is 4.22. The average Bonchev–Trinajstić information content (AvgIpc) is 3.26. The van der Waals surface area contributed by atoms with Crippen LogP contribution in [0, 0.1) is 0 Å². The summed E-state index contributed by atoms with van der Waals surface area (Å²) in [6.07, 6.45) is 0. The van der Waals surface area contributed by atoms with Crippen LogP contribution in [-0.4, -0.2) is 31.9 Å². The van der Waals surface area contributed by atoms with Gasteiger partial charge in [-0.05, 0) is 42.5 Å². The summed E-state index contributed by atoms with van der Waals surface area (Å²) in [4.78, 5) is 16.5. The zero-order valence-electron chi connectivity index (χ0n) is 13.5. The van der Waals surface area contributed by atoms with E-state index in [4.69, 9.17) is 4.42 Å². The number of halogens is 1. The molecule has 2 N–H and O–H groups in total. The molecule has 7 nitrogen and oxygen atoms in total. The van der Waals surface area contributed by atoms with Crippen molar-refractivity contribution in [3.8, 4) is 17.2 Å². The third-order valence-electron chi connectivity index (χ3n) is 3.44. The minimum atomic E-state index is -0.206. The quantitative estimate of drug-likeness (QED) is 0.419. The molecule has 4 aromatic rings. The van der Waals surface area contributed by atoms with Gasteiger partial charge >= 0.3 is 0 Å². The van der Waals surface area contributed by atoms with Gasteiger partial charge in [0.25, 0.3) is 5.22 Å². The number of aromatic hydroxyl groups is 1. The molecule has 0 fully saturated rings. The van der Waals surface area contributed by atoms with Crippen LogP contribution in [0.25, 0.3) is 21.7 Å². The van der Waals surface area contributed by atoms with Gasteiger partial charge in [-0.25, -0.2) is 4.98 Å². The van der Waals surface area contributed by atoms with Gasteiger partial charge in [-0.2, -0.15) is 0 Å². The molecular weight excluding hydrogens is 452 g/mol. The van der Waals surface area contributed by atoms with Crippen molar-refractivity contribution in [2.24, 2.45) is 0 Å². The Kier molecular flexibility index (Phi) is 5.10. The molecule has 0 aliphatic heterocycles. The summed E-state index contributed by atoms with van der Waals surface area (Å²) in [5.41, 5.74) is 1.53. The largest absolute Gasteiger partial charge is 0.508 e. The van der Waals surface area contributed by atoms with Crippen molar-refractivity contribution in [2.75, 3.05) is 11.1 Å². The molecular formula is C17H11BrN4O3S2. The summed E-state index contributed by atoms with van der Waals surface area (Å²) >= 11 is 5.97. The van der Waals surface area contributed by atoms with E-state index in [1.807, 2.05) is 18.2 Å². The molecule has 0 atom stereocenters. The van der Waals surface area contributed by atoms with E-state index in [0.717, 1.165) is 26.5 Å². The number of phenols is 1. The SMILES string of the molecule is O=C(CSc1nnc(-c2ccc(O)cc2)o1)Nc1nc2ccc(Br)cc2s1. The van der Waals surface area contributed by atoms with Crippen LogP contribution in [0.4, 0.5) is 5.13 Å². The van der Waals surface area contributed by atoms with Crippen molar-refractivity contribution >= 4 is 60.3 Å². The Balaban J connectivity index is 1.36. The van der Waals surface area contributed by atoms with Gasteiger partial charge in [0.05, 0.1) is 16.0 Å². The Morgan fingerprint density at radius 2 is 2.04 bits per heavy atom. The normalized spacial score (nSPS) is 11.0. The highest BCUT2D eigenvalue weighted by molar-refractivity contribution is 9.10. The number of thiazole rings is 1. The maximum absolute atomic E-state index is 12.2. The van der Waals surface area contributed by atoms with E-state index in [2.05, 4.69) is 36.4 Å². The average molecular weight is 463 g/mol. The molecule has 2 heterocycles. The first-order valence-corrected chi connectivity index (χ1v) is 10.3. The maximum atomic E-state index is 12.2. The predicted octanol–water partition coefficient (Wildman–Crippen LogP) is 4.55. The van der Waals surface area contributed by atoms with Crippen LogP contribution in [0.5, 0.6) is 5.75 Å². The number of hydrogen-bond acceptors (Lipinski definition) is 8. The minimum absolute atomic E-state index is 0.122. The molecule has 10 heteroatoms. The number of nitrogens with one attached hydrogen (secondary N) is 1. The van der Waals surface area contributed by atoms with Crippen LogP contribution in [0.1, 0.15) is 0 Å². The first-order chi connectivity index (χ1) is 13.1. The summed E-state index contributed by atoms with van der Waals surface area (Å²) in [6.45, 7) is 0.